The Balaban J connectivity index is 1.91. The van der Waals surface area contributed by atoms with Crippen LogP contribution in [0.2, 0.25) is 5.15 Å². The Bertz CT molecular complexity index is 1100. The van der Waals surface area contributed by atoms with E-state index >= 15 is 0 Å². The summed E-state index contributed by atoms with van der Waals surface area (Å²) < 4.78 is 5.84. The Kier molecular flexibility index (Phi) is 4.03. The number of hydrogen-bond acceptors (Lipinski definition) is 4. The van der Waals surface area contributed by atoms with Crippen molar-refractivity contribution in [1.82, 2.24) is 34.1 Å². The van der Waals surface area contributed by atoms with Gasteiger partial charge in [-0.25, -0.2) is 9.97 Å². The molecular formula is C18H20ClN7. The van der Waals surface area contributed by atoms with Gasteiger partial charge in [-0.3, -0.25) is 9.36 Å². The van der Waals surface area contributed by atoms with Crippen LogP contribution < -0.4 is 0 Å². The number of fused-ring (bicyclic) bond motifs is 1. The third kappa shape index (κ3) is 2.59. The fraction of sp³-hybridized carbons (Fsp3) is 0.333. The number of halogens is 1. The van der Waals surface area contributed by atoms with E-state index in [2.05, 4.69) is 22.1 Å². The van der Waals surface area contributed by atoms with Gasteiger partial charge in [-0.2, -0.15) is 10.2 Å². The maximum absolute atomic E-state index is 6.28. The van der Waals surface area contributed by atoms with Crippen molar-refractivity contribution in [2.24, 2.45) is 7.05 Å². The first-order chi connectivity index (χ1) is 12.5. The molecule has 0 N–H and O–H groups in total. The van der Waals surface area contributed by atoms with Gasteiger partial charge < -0.3 is 4.57 Å². The predicted molar refractivity (Wildman–Crippen MR) is 102 cm³/mol. The van der Waals surface area contributed by atoms with E-state index in [1.165, 1.54) is 0 Å². The molecule has 0 unspecified atom stereocenters. The lowest BCUT2D eigenvalue weighted by atomic mass is 10.2. The molecule has 4 aromatic rings. The van der Waals surface area contributed by atoms with Crippen LogP contribution in [0.15, 0.2) is 24.5 Å². The number of imidazole rings is 1. The van der Waals surface area contributed by atoms with Crippen molar-refractivity contribution in [2.45, 2.75) is 33.9 Å². The lowest BCUT2D eigenvalue weighted by Crippen LogP contribution is -1.99. The highest BCUT2D eigenvalue weighted by molar-refractivity contribution is 6.30. The number of hydrogen-bond donors (Lipinski definition) is 0. The zero-order valence-corrected chi connectivity index (χ0v) is 16.0. The highest BCUT2D eigenvalue weighted by Gasteiger charge is 2.18. The molecule has 0 radical (unpaired) electrons. The average Bonchev–Trinajstić information content (AvgIpc) is 3.30. The molecule has 0 spiro atoms. The molecule has 4 heterocycles. The van der Waals surface area contributed by atoms with Crippen molar-refractivity contribution in [1.29, 1.82) is 0 Å². The zero-order valence-electron chi connectivity index (χ0n) is 15.2. The largest absolute Gasteiger partial charge is 0.332 e. The van der Waals surface area contributed by atoms with Crippen LogP contribution >= 0.6 is 11.6 Å². The zero-order chi connectivity index (χ0) is 18.4. The van der Waals surface area contributed by atoms with Crippen molar-refractivity contribution in [3.63, 3.8) is 0 Å². The SMILES string of the molecule is CCn1nc(C)cc1-c1cn(C)c(-c2nc(Cl)cc3c2cnn3CC)n1. The van der Waals surface area contributed by atoms with Crippen LogP contribution in [0.5, 0.6) is 0 Å². The molecule has 0 aromatic carbocycles. The van der Waals surface area contributed by atoms with E-state index in [9.17, 15) is 0 Å². The van der Waals surface area contributed by atoms with Crippen LogP contribution in [0.25, 0.3) is 33.8 Å². The molecule has 0 atom stereocenters. The van der Waals surface area contributed by atoms with Gasteiger partial charge in [0.25, 0.3) is 0 Å². The first kappa shape index (κ1) is 16.8. The van der Waals surface area contributed by atoms with E-state index in [1.807, 2.05) is 59.4 Å². The molecule has 0 aliphatic rings. The van der Waals surface area contributed by atoms with Crippen LogP contribution in [0.4, 0.5) is 0 Å². The second-order valence-electron chi connectivity index (χ2n) is 6.23. The van der Waals surface area contributed by atoms with Crippen molar-refractivity contribution in [3.8, 4) is 22.9 Å². The molecule has 26 heavy (non-hydrogen) atoms. The van der Waals surface area contributed by atoms with Gasteiger partial charge in [0.15, 0.2) is 5.82 Å². The average molecular weight is 370 g/mol. The monoisotopic (exact) mass is 369 g/mol. The normalized spacial score (nSPS) is 11.6. The molecule has 7 nitrogen and oxygen atoms in total. The van der Waals surface area contributed by atoms with Crippen LogP contribution in [-0.4, -0.2) is 34.1 Å². The Labute approximate surface area is 156 Å². The van der Waals surface area contributed by atoms with E-state index < -0.39 is 0 Å². The predicted octanol–water partition coefficient (Wildman–Crippen LogP) is 3.70. The Hall–Kier alpha value is -2.67. The van der Waals surface area contributed by atoms with Crippen LogP contribution in [0, 0.1) is 6.92 Å². The number of pyridine rings is 1. The van der Waals surface area contributed by atoms with Crippen LogP contribution in [0.3, 0.4) is 0 Å². The third-order valence-electron chi connectivity index (χ3n) is 4.46. The summed E-state index contributed by atoms with van der Waals surface area (Å²) in [5, 5.41) is 10.3. The molecule has 4 aromatic heterocycles. The Morgan fingerprint density at radius 2 is 1.85 bits per heavy atom. The lowest BCUT2D eigenvalue weighted by Gasteiger charge is -2.05. The molecule has 8 heteroatoms. The first-order valence-corrected chi connectivity index (χ1v) is 9.00. The molecule has 134 valence electrons. The van der Waals surface area contributed by atoms with Gasteiger partial charge in [-0.15, -0.1) is 0 Å². The smallest absolute Gasteiger partial charge is 0.159 e. The van der Waals surface area contributed by atoms with Gasteiger partial charge in [0.05, 0.1) is 23.1 Å². The maximum Gasteiger partial charge on any atom is 0.159 e. The minimum Gasteiger partial charge on any atom is -0.332 e. The second-order valence-corrected chi connectivity index (χ2v) is 6.62. The van der Waals surface area contributed by atoms with Gasteiger partial charge in [0.2, 0.25) is 0 Å². The van der Waals surface area contributed by atoms with Gasteiger partial charge in [0.1, 0.15) is 16.5 Å². The summed E-state index contributed by atoms with van der Waals surface area (Å²) in [4.78, 5) is 9.38. The lowest BCUT2D eigenvalue weighted by molar-refractivity contribution is 0.659. The summed E-state index contributed by atoms with van der Waals surface area (Å²) in [5.41, 5.74) is 4.53. The molecule has 0 fully saturated rings. The molecule has 0 saturated heterocycles. The van der Waals surface area contributed by atoms with Crippen molar-refractivity contribution < 1.29 is 0 Å². The summed E-state index contributed by atoms with van der Waals surface area (Å²) in [6.07, 6.45) is 3.82. The maximum atomic E-state index is 6.28. The standard InChI is InChI=1S/C18H20ClN7/c1-5-25-14-8-16(19)22-17(12(14)9-20-25)18-21-13(10-24(18)4)15-7-11(3)23-26(15)6-2/h7-10H,5-6H2,1-4H3. The van der Waals surface area contributed by atoms with Crippen molar-refractivity contribution in [3.05, 3.63) is 35.4 Å². The highest BCUT2D eigenvalue weighted by atomic mass is 35.5. The van der Waals surface area contributed by atoms with E-state index in [-0.39, 0.29) is 0 Å². The minimum atomic E-state index is 0.432. The summed E-state index contributed by atoms with van der Waals surface area (Å²) in [6, 6.07) is 3.89. The Morgan fingerprint density at radius 1 is 1.08 bits per heavy atom. The third-order valence-corrected chi connectivity index (χ3v) is 4.66. The number of rotatable bonds is 4. The number of aromatic nitrogens is 7. The second kappa shape index (κ2) is 6.25. The number of nitrogens with zero attached hydrogens (tertiary/aromatic N) is 7. The summed E-state index contributed by atoms with van der Waals surface area (Å²) >= 11 is 6.28. The van der Waals surface area contributed by atoms with Gasteiger partial charge in [-0.05, 0) is 26.8 Å². The Morgan fingerprint density at radius 3 is 2.58 bits per heavy atom. The molecular weight excluding hydrogens is 350 g/mol. The van der Waals surface area contributed by atoms with Crippen molar-refractivity contribution in [2.75, 3.05) is 0 Å². The van der Waals surface area contributed by atoms with E-state index in [1.54, 1.807) is 0 Å². The summed E-state index contributed by atoms with van der Waals surface area (Å²) in [5.74, 6) is 0.754. The fourth-order valence-corrected chi connectivity index (χ4v) is 3.45. The van der Waals surface area contributed by atoms with Gasteiger partial charge >= 0.3 is 0 Å². The van der Waals surface area contributed by atoms with Gasteiger partial charge in [0, 0.05) is 37.8 Å². The molecule has 0 aliphatic heterocycles. The van der Waals surface area contributed by atoms with Gasteiger partial charge in [-0.1, -0.05) is 11.6 Å². The quantitative estimate of drug-likeness (QED) is 0.514. The first-order valence-electron chi connectivity index (χ1n) is 8.62. The molecule has 0 bridgehead atoms. The minimum absolute atomic E-state index is 0.432. The molecule has 4 rings (SSSR count). The fourth-order valence-electron chi connectivity index (χ4n) is 3.27. The highest BCUT2D eigenvalue weighted by Crippen LogP contribution is 2.30. The number of aryl methyl sites for hydroxylation is 4. The van der Waals surface area contributed by atoms with E-state index in [4.69, 9.17) is 16.6 Å². The molecule has 0 saturated carbocycles. The van der Waals surface area contributed by atoms with Crippen LogP contribution in [0.1, 0.15) is 19.5 Å². The topological polar surface area (TPSA) is 66.3 Å². The summed E-state index contributed by atoms with van der Waals surface area (Å²) in [6.45, 7) is 7.66. The summed E-state index contributed by atoms with van der Waals surface area (Å²) in [7, 11) is 1.96. The van der Waals surface area contributed by atoms with E-state index in [0.29, 0.717) is 5.15 Å². The van der Waals surface area contributed by atoms with Crippen molar-refractivity contribution >= 4 is 22.5 Å². The van der Waals surface area contributed by atoms with E-state index in [0.717, 1.165) is 52.6 Å². The molecule has 0 aliphatic carbocycles. The molecule has 0 amide bonds. The van der Waals surface area contributed by atoms with Crippen LogP contribution in [-0.2, 0) is 20.1 Å².